The van der Waals surface area contributed by atoms with E-state index >= 15 is 0 Å². The fourth-order valence-corrected chi connectivity index (χ4v) is 6.31. The van der Waals surface area contributed by atoms with Gasteiger partial charge in [0.15, 0.2) is 4.80 Å². The van der Waals surface area contributed by atoms with Crippen LogP contribution in [-0.2, 0) is 23.6 Å². The average molecular weight is 581 g/mol. The fraction of sp³-hybridized carbons (Fsp3) is 0.188. The number of carbonyl (C=O) groups excluding carboxylic acids is 1. The molecule has 0 spiro atoms. The van der Waals surface area contributed by atoms with E-state index in [4.69, 9.17) is 14.5 Å². The highest BCUT2D eigenvalue weighted by molar-refractivity contribution is 7.07. The number of hydrogen-bond donors (Lipinski definition) is 0. The lowest BCUT2D eigenvalue weighted by Gasteiger charge is -2.26. The first-order valence-corrected chi connectivity index (χ1v) is 14.2. The first-order valence-electron chi connectivity index (χ1n) is 13.4. The topological polar surface area (TPSA) is 96.8 Å². The smallest absolute Gasteiger partial charge is 0.338 e. The minimum atomic E-state index is -0.777. The zero-order chi connectivity index (χ0) is 29.5. The summed E-state index contributed by atoms with van der Waals surface area (Å²) in [5.41, 5.74) is 4.13. The van der Waals surface area contributed by atoms with Gasteiger partial charge in [-0.25, -0.2) is 14.6 Å². The van der Waals surface area contributed by atoms with Gasteiger partial charge in [0.2, 0.25) is 0 Å². The number of methoxy groups -OCH3 is 1. The summed E-state index contributed by atoms with van der Waals surface area (Å²) >= 11 is 1.25. The van der Waals surface area contributed by atoms with Crippen LogP contribution in [0.25, 0.3) is 22.8 Å². The van der Waals surface area contributed by atoms with Gasteiger partial charge in [-0.3, -0.25) is 18.5 Å². The number of aromatic nitrogens is 3. The molecule has 0 unspecified atom stereocenters. The van der Waals surface area contributed by atoms with Gasteiger partial charge in [0.1, 0.15) is 5.75 Å². The third kappa shape index (κ3) is 4.50. The second-order valence-electron chi connectivity index (χ2n) is 9.85. The maximum absolute atomic E-state index is 14.1. The van der Waals surface area contributed by atoms with Gasteiger partial charge in [-0.1, -0.05) is 59.9 Å². The quantitative estimate of drug-likeness (QED) is 0.288. The molecule has 212 valence electrons. The van der Waals surface area contributed by atoms with E-state index in [0.717, 1.165) is 27.7 Å². The molecule has 10 heteroatoms. The van der Waals surface area contributed by atoms with Crippen molar-refractivity contribution >= 4 is 40.1 Å². The Morgan fingerprint density at radius 2 is 1.69 bits per heavy atom. The van der Waals surface area contributed by atoms with E-state index in [1.54, 1.807) is 60.0 Å². The van der Waals surface area contributed by atoms with Crippen LogP contribution in [0.2, 0.25) is 0 Å². The number of imidazole rings is 1. The molecule has 0 amide bonds. The van der Waals surface area contributed by atoms with Gasteiger partial charge in [0, 0.05) is 19.7 Å². The Bertz CT molecular complexity index is 2120. The lowest BCUT2D eigenvalue weighted by atomic mass is 9.93. The van der Waals surface area contributed by atoms with Crippen LogP contribution >= 0.6 is 11.3 Å². The Kier molecular flexibility index (Phi) is 6.99. The van der Waals surface area contributed by atoms with Crippen LogP contribution in [0.3, 0.4) is 0 Å². The summed E-state index contributed by atoms with van der Waals surface area (Å²) in [6.07, 6.45) is 1.79. The molecule has 3 aromatic carbocycles. The molecule has 42 heavy (non-hydrogen) atoms. The number of nitrogens with zero attached hydrogens (tertiary/aromatic N) is 4. The number of aryl methyl sites for hydroxylation is 2. The summed E-state index contributed by atoms with van der Waals surface area (Å²) in [6.45, 7) is 1.92. The van der Waals surface area contributed by atoms with Gasteiger partial charge in [0.25, 0.3) is 5.56 Å². The van der Waals surface area contributed by atoms with Gasteiger partial charge in [-0.05, 0) is 48.4 Å². The molecule has 3 heterocycles. The third-order valence-electron chi connectivity index (χ3n) is 7.40. The molecule has 0 fully saturated rings. The summed E-state index contributed by atoms with van der Waals surface area (Å²) in [5, 5.41) is 0. The zero-order valence-corrected chi connectivity index (χ0v) is 24.3. The van der Waals surface area contributed by atoms with E-state index in [1.807, 2.05) is 60.7 Å². The first-order chi connectivity index (χ1) is 20.3. The van der Waals surface area contributed by atoms with E-state index in [-0.39, 0.29) is 23.4 Å². The first kappa shape index (κ1) is 27.2. The van der Waals surface area contributed by atoms with Crippen LogP contribution in [-0.4, -0.2) is 33.4 Å². The maximum Gasteiger partial charge on any atom is 0.338 e. The highest BCUT2D eigenvalue weighted by Gasteiger charge is 2.35. The molecule has 5 aromatic rings. The van der Waals surface area contributed by atoms with Gasteiger partial charge < -0.3 is 9.47 Å². The van der Waals surface area contributed by atoms with Crippen molar-refractivity contribution in [3.8, 4) is 5.75 Å². The summed E-state index contributed by atoms with van der Waals surface area (Å²) in [4.78, 5) is 45.5. The molecule has 0 radical (unpaired) electrons. The van der Waals surface area contributed by atoms with Gasteiger partial charge >= 0.3 is 11.7 Å². The summed E-state index contributed by atoms with van der Waals surface area (Å²) in [6, 6.07) is 21.6. The van der Waals surface area contributed by atoms with Gasteiger partial charge in [-0.15, -0.1) is 0 Å². The number of thiazole rings is 1. The molecule has 2 aromatic heterocycles. The molecule has 6 rings (SSSR count). The van der Waals surface area contributed by atoms with Crippen molar-refractivity contribution in [1.82, 2.24) is 13.7 Å². The van der Waals surface area contributed by atoms with Gasteiger partial charge in [-0.2, -0.15) is 0 Å². The highest BCUT2D eigenvalue weighted by atomic mass is 32.1. The molecule has 1 atom stereocenters. The lowest BCUT2D eigenvalue weighted by Crippen LogP contribution is -2.40. The lowest BCUT2D eigenvalue weighted by molar-refractivity contribution is -0.138. The summed E-state index contributed by atoms with van der Waals surface area (Å²) in [5.74, 6) is 0.118. The molecule has 0 bridgehead atoms. The fourth-order valence-electron chi connectivity index (χ4n) is 5.31. The van der Waals surface area contributed by atoms with Crippen LogP contribution in [0.15, 0.2) is 93.0 Å². The maximum atomic E-state index is 14.1. The molecule has 0 N–H and O–H groups in total. The molecule has 1 aliphatic heterocycles. The molecule has 0 saturated heterocycles. The van der Waals surface area contributed by atoms with Crippen molar-refractivity contribution in [2.45, 2.75) is 13.0 Å². The minimum Gasteiger partial charge on any atom is -0.497 e. The standard InChI is InChI=1S/C32H28N4O5S/c1-5-41-30(38)26-27(20-9-7-6-8-10-20)33-31-36(28(26)21-12-14-22(40-4)15-13-21)29(37)25(42-31)18-19-11-16-23-24(17-19)35(3)32(39)34(23)2/h6-18,28H,5H2,1-4H3/b25-18+/t28-/m1/s1. The Hall–Kier alpha value is -4.96. The van der Waals surface area contributed by atoms with E-state index in [9.17, 15) is 14.4 Å². The van der Waals surface area contributed by atoms with E-state index in [2.05, 4.69) is 0 Å². The minimum absolute atomic E-state index is 0.124. The number of rotatable bonds is 6. The van der Waals surface area contributed by atoms with E-state index in [0.29, 0.717) is 20.8 Å². The molecular weight excluding hydrogens is 552 g/mol. The Labute approximate surface area is 244 Å². The molecule has 0 aliphatic carbocycles. The van der Waals surface area contributed by atoms with Crippen LogP contribution < -0.4 is 25.3 Å². The van der Waals surface area contributed by atoms with Crippen LogP contribution in [0.1, 0.15) is 29.7 Å². The van der Waals surface area contributed by atoms with Crippen LogP contribution in [0.5, 0.6) is 5.75 Å². The van der Waals surface area contributed by atoms with Crippen LogP contribution in [0.4, 0.5) is 0 Å². The zero-order valence-electron chi connectivity index (χ0n) is 23.5. The number of esters is 1. The number of carbonyl (C=O) groups is 1. The van der Waals surface area contributed by atoms with E-state index in [1.165, 1.54) is 11.3 Å². The SMILES string of the molecule is CCOC(=O)C1=C(c2ccccc2)N=c2s/c(=C/c3ccc4c(c3)n(C)c(=O)n4C)c(=O)n2[C@@H]1c1ccc(OC)cc1. The second-order valence-corrected chi connectivity index (χ2v) is 10.9. The molecule has 0 saturated carbocycles. The predicted octanol–water partition coefficient (Wildman–Crippen LogP) is 3.13. The molecule has 1 aliphatic rings. The Morgan fingerprint density at radius 1 is 0.976 bits per heavy atom. The van der Waals surface area contributed by atoms with Crippen LogP contribution in [0, 0.1) is 0 Å². The normalized spacial score (nSPS) is 15.0. The third-order valence-corrected chi connectivity index (χ3v) is 8.38. The number of benzene rings is 3. The summed E-state index contributed by atoms with van der Waals surface area (Å²) < 4.78 is 16.1. The van der Waals surface area contributed by atoms with Crippen molar-refractivity contribution in [2.24, 2.45) is 19.1 Å². The van der Waals surface area contributed by atoms with Crippen molar-refractivity contribution in [1.29, 1.82) is 0 Å². The van der Waals surface area contributed by atoms with Crippen molar-refractivity contribution in [2.75, 3.05) is 13.7 Å². The Morgan fingerprint density at radius 3 is 2.38 bits per heavy atom. The number of hydrogen-bond acceptors (Lipinski definition) is 7. The Balaban J connectivity index is 1.62. The van der Waals surface area contributed by atoms with Crippen molar-refractivity contribution in [3.63, 3.8) is 0 Å². The molecule has 9 nitrogen and oxygen atoms in total. The second kappa shape index (κ2) is 10.8. The average Bonchev–Trinajstić information content (AvgIpc) is 3.44. The largest absolute Gasteiger partial charge is 0.497 e. The summed E-state index contributed by atoms with van der Waals surface area (Å²) in [7, 11) is 5.03. The number of fused-ring (bicyclic) bond motifs is 2. The highest BCUT2D eigenvalue weighted by Crippen LogP contribution is 2.35. The monoisotopic (exact) mass is 580 g/mol. The predicted molar refractivity (Wildman–Crippen MR) is 162 cm³/mol. The van der Waals surface area contributed by atoms with E-state index < -0.39 is 12.0 Å². The van der Waals surface area contributed by atoms with Crippen molar-refractivity contribution in [3.05, 3.63) is 125 Å². The number of ether oxygens (including phenoxy) is 2. The molecular formula is C32H28N4O5S. The van der Waals surface area contributed by atoms with Crippen molar-refractivity contribution < 1.29 is 14.3 Å². The van der Waals surface area contributed by atoms with Gasteiger partial charge in [0.05, 0.1) is 46.6 Å².